The van der Waals surface area contributed by atoms with E-state index in [1.165, 1.54) is 51.4 Å². The van der Waals surface area contributed by atoms with Crippen LogP contribution in [-0.4, -0.2) is 68.6 Å². The van der Waals surface area contributed by atoms with Crippen LogP contribution in [0.5, 0.6) is 0 Å². The molecule has 0 spiro atoms. The van der Waals surface area contributed by atoms with Crippen LogP contribution < -0.4 is 5.32 Å². The van der Waals surface area contributed by atoms with Crippen molar-refractivity contribution in [2.24, 2.45) is 46.3 Å². The number of carbonyl (C=O) groups excluding carboxylic acids is 1. The molecule has 1 amide bonds. The predicted molar refractivity (Wildman–Crippen MR) is 222 cm³/mol. The number of nitrogens with one attached hydrogen (secondary N) is 1. The summed E-state index contributed by atoms with van der Waals surface area (Å²) in [5.41, 5.74) is 2.39. The maximum Gasteiger partial charge on any atom is 0.407 e. The van der Waals surface area contributed by atoms with E-state index in [1.54, 1.807) is 5.57 Å². The normalized spacial score (nSPS) is 36.7. The molecule has 54 heavy (non-hydrogen) atoms. The summed E-state index contributed by atoms with van der Waals surface area (Å²) in [4.78, 5) is 12.8. The Kier molecular flexibility index (Phi) is 17.3. The highest BCUT2D eigenvalue weighted by atomic mass is 16.6. The Morgan fingerprint density at radius 1 is 0.889 bits per heavy atom. The van der Waals surface area contributed by atoms with Gasteiger partial charge in [0.25, 0.3) is 0 Å². The third kappa shape index (κ3) is 11.1. The van der Waals surface area contributed by atoms with Gasteiger partial charge in [0.1, 0.15) is 24.4 Å². The van der Waals surface area contributed by atoms with Gasteiger partial charge in [-0.1, -0.05) is 85.8 Å². The monoisotopic (exact) mass is 760 g/mol. The zero-order valence-electron chi connectivity index (χ0n) is 35.8. The lowest BCUT2D eigenvalue weighted by molar-refractivity contribution is -0.103. The van der Waals surface area contributed by atoms with Crippen molar-refractivity contribution in [1.82, 2.24) is 5.32 Å². The number of alkyl carbamates (subject to hydrolysis) is 1. The molecule has 314 valence electrons. The Labute approximate surface area is 332 Å². The van der Waals surface area contributed by atoms with Crippen LogP contribution in [0.25, 0.3) is 0 Å². The van der Waals surface area contributed by atoms with Crippen molar-refractivity contribution in [3.8, 4) is 0 Å². The van der Waals surface area contributed by atoms with Crippen molar-refractivity contribution >= 4 is 6.09 Å². The van der Waals surface area contributed by atoms with E-state index in [0.29, 0.717) is 25.2 Å². The van der Waals surface area contributed by atoms with Gasteiger partial charge in [-0.3, -0.25) is 0 Å². The second kappa shape index (κ2) is 20.5. The molecular weight excluding hydrogens is 675 g/mol. The van der Waals surface area contributed by atoms with Crippen molar-refractivity contribution in [3.63, 3.8) is 0 Å². The first-order chi connectivity index (χ1) is 25.2. The molecule has 1 heterocycles. The fraction of sp³-hybridized carbons (Fsp3) is 0.936. The van der Waals surface area contributed by atoms with Crippen LogP contribution >= 0.6 is 0 Å². The third-order valence-electron chi connectivity index (χ3n) is 14.7. The molecule has 0 aromatic carbocycles. The molecule has 3 saturated carbocycles. The van der Waals surface area contributed by atoms with E-state index < -0.39 is 0 Å². The summed E-state index contributed by atoms with van der Waals surface area (Å²) in [5, 5.41) is 3.05. The van der Waals surface area contributed by atoms with E-state index in [4.69, 9.17) is 23.7 Å². The first-order valence-electron chi connectivity index (χ1n) is 22.4. The number of hydrogen-bond donors (Lipinski definition) is 1. The number of ether oxygens (including phenoxy) is 5. The van der Waals surface area contributed by atoms with Gasteiger partial charge in [0.05, 0.1) is 24.9 Å². The van der Waals surface area contributed by atoms with Gasteiger partial charge < -0.3 is 29.0 Å². The van der Waals surface area contributed by atoms with Crippen molar-refractivity contribution in [2.45, 2.75) is 216 Å². The second-order valence-electron chi connectivity index (χ2n) is 19.6. The van der Waals surface area contributed by atoms with Crippen LogP contribution in [0.15, 0.2) is 11.6 Å². The summed E-state index contributed by atoms with van der Waals surface area (Å²) in [6.07, 6.45) is 20.5. The topological polar surface area (TPSA) is 75.3 Å². The largest absolute Gasteiger partial charge is 0.446 e. The fourth-order valence-corrected chi connectivity index (χ4v) is 12.0. The Bertz CT molecular complexity index is 1170. The Morgan fingerprint density at radius 2 is 1.65 bits per heavy atom. The average Bonchev–Trinajstić information content (AvgIpc) is 3.59. The highest BCUT2D eigenvalue weighted by molar-refractivity contribution is 5.67. The molecule has 4 fully saturated rings. The van der Waals surface area contributed by atoms with Crippen LogP contribution in [-0.2, 0) is 23.7 Å². The third-order valence-corrected chi connectivity index (χ3v) is 14.7. The summed E-state index contributed by atoms with van der Waals surface area (Å²) >= 11 is 0. The number of hydrogen-bond acceptors (Lipinski definition) is 6. The summed E-state index contributed by atoms with van der Waals surface area (Å²) < 4.78 is 30.6. The SMILES string of the molecule is C.CC(C)CCC[C@@H](C)[C@H]1CC[C@H]2[C@@H]3CC=C4C[C@@H](OC(=O)NCCCCCCO[C@H]5[C@H](C)OC(COC(C)C)[C@H]5OC(C)C)CC[C@]4(C)[C@H]3CC[C@]12C. The molecule has 7 nitrogen and oxygen atoms in total. The molecule has 0 aromatic heterocycles. The van der Waals surface area contributed by atoms with Crippen molar-refractivity contribution in [1.29, 1.82) is 0 Å². The van der Waals surface area contributed by atoms with Gasteiger partial charge in [-0.2, -0.15) is 0 Å². The molecule has 1 N–H and O–H groups in total. The van der Waals surface area contributed by atoms with Crippen LogP contribution in [0.3, 0.4) is 0 Å². The predicted octanol–water partition coefficient (Wildman–Crippen LogP) is 11.7. The van der Waals surface area contributed by atoms with Crippen LogP contribution in [0, 0.1) is 46.3 Å². The minimum Gasteiger partial charge on any atom is -0.446 e. The maximum atomic E-state index is 12.8. The van der Waals surface area contributed by atoms with Gasteiger partial charge in [-0.05, 0) is 139 Å². The molecule has 4 aliphatic carbocycles. The Morgan fingerprint density at radius 3 is 2.37 bits per heavy atom. The number of fused-ring (bicyclic) bond motifs is 5. The zero-order valence-corrected chi connectivity index (χ0v) is 35.8. The quantitative estimate of drug-likeness (QED) is 0.104. The van der Waals surface area contributed by atoms with Gasteiger partial charge in [0.2, 0.25) is 0 Å². The smallest absolute Gasteiger partial charge is 0.407 e. The first kappa shape index (κ1) is 45.6. The molecule has 1 unspecified atom stereocenters. The number of rotatable bonds is 19. The van der Waals surface area contributed by atoms with Gasteiger partial charge in [0, 0.05) is 19.6 Å². The van der Waals surface area contributed by atoms with E-state index in [2.05, 4.69) is 66.8 Å². The van der Waals surface area contributed by atoms with E-state index in [-0.39, 0.29) is 61.7 Å². The van der Waals surface area contributed by atoms with E-state index in [0.717, 1.165) is 80.5 Å². The van der Waals surface area contributed by atoms with Gasteiger partial charge >= 0.3 is 6.09 Å². The molecule has 1 saturated heterocycles. The molecular formula is C47H85NO6. The lowest BCUT2D eigenvalue weighted by atomic mass is 9.47. The minimum absolute atomic E-state index is 0. The summed E-state index contributed by atoms with van der Waals surface area (Å²) in [6, 6.07) is 0. The molecule has 0 bridgehead atoms. The summed E-state index contributed by atoms with van der Waals surface area (Å²) in [5.74, 6) is 5.09. The molecule has 0 radical (unpaired) electrons. The van der Waals surface area contributed by atoms with Crippen molar-refractivity contribution in [2.75, 3.05) is 19.8 Å². The lowest BCUT2D eigenvalue weighted by Crippen LogP contribution is -2.51. The standard InChI is InChI=1S/C46H81NO6.CH4/c1-30(2)16-15-17-33(7)38-20-21-39-37-19-18-35-28-36(22-24-45(35,9)40(37)23-25-46(38,39)10)53-44(48)47-26-13-11-12-14-27-49-42-34(8)52-41(29-50-31(3)4)43(42)51-32(5)6;/h18,30-34,36-43H,11-17,19-29H2,1-10H3,(H,47,48);1H4/t33-,34+,36+,37+,38-,39+,40+,41?,42+,43-,45+,46-;/m1./s1. The van der Waals surface area contributed by atoms with Crippen LogP contribution in [0.4, 0.5) is 4.79 Å². The molecule has 5 aliphatic rings. The minimum atomic E-state index is -0.244. The van der Waals surface area contributed by atoms with E-state index >= 15 is 0 Å². The highest BCUT2D eigenvalue weighted by Gasteiger charge is 2.59. The molecule has 1 aliphatic heterocycles. The van der Waals surface area contributed by atoms with E-state index in [9.17, 15) is 4.79 Å². The van der Waals surface area contributed by atoms with Crippen LogP contribution in [0.2, 0.25) is 0 Å². The number of amides is 1. The van der Waals surface area contributed by atoms with E-state index in [1.807, 2.05) is 13.8 Å². The molecule has 5 rings (SSSR count). The highest BCUT2D eigenvalue weighted by Crippen LogP contribution is 2.67. The van der Waals surface area contributed by atoms with Gasteiger partial charge in [-0.15, -0.1) is 0 Å². The average molecular weight is 760 g/mol. The number of unbranched alkanes of at least 4 members (excludes halogenated alkanes) is 3. The lowest BCUT2D eigenvalue weighted by Gasteiger charge is -2.58. The summed E-state index contributed by atoms with van der Waals surface area (Å²) in [6.45, 7) is 24.7. The second-order valence-corrected chi connectivity index (χ2v) is 19.6. The molecule has 0 aromatic rings. The van der Waals surface area contributed by atoms with Crippen molar-refractivity contribution in [3.05, 3.63) is 11.6 Å². The first-order valence-corrected chi connectivity index (χ1v) is 22.4. The zero-order chi connectivity index (χ0) is 38.3. The van der Waals surface area contributed by atoms with Gasteiger partial charge in [0.15, 0.2) is 0 Å². The Hall–Kier alpha value is -1.15. The Balaban J connectivity index is 0.00000650. The maximum absolute atomic E-state index is 12.8. The van der Waals surface area contributed by atoms with Gasteiger partial charge in [-0.25, -0.2) is 4.79 Å². The van der Waals surface area contributed by atoms with Crippen molar-refractivity contribution < 1.29 is 28.5 Å². The number of carbonyl (C=O) groups is 1. The van der Waals surface area contributed by atoms with Crippen LogP contribution in [0.1, 0.15) is 173 Å². The molecule has 12 atom stereocenters. The fourth-order valence-electron chi connectivity index (χ4n) is 12.0. The number of allylic oxidation sites excluding steroid dienone is 1. The summed E-state index contributed by atoms with van der Waals surface area (Å²) in [7, 11) is 0. The molecule has 7 heteroatoms.